The first-order chi connectivity index (χ1) is 15.3. The Morgan fingerprint density at radius 3 is 2.50 bits per heavy atom. The summed E-state index contributed by atoms with van der Waals surface area (Å²) in [6.45, 7) is 1.22. The van der Waals surface area contributed by atoms with Gasteiger partial charge in [0.25, 0.3) is 0 Å². The molecule has 2 N–H and O–H groups in total. The van der Waals surface area contributed by atoms with Gasteiger partial charge in [0.1, 0.15) is 10.7 Å². The van der Waals surface area contributed by atoms with E-state index in [4.69, 9.17) is 22.1 Å². The molecule has 32 heavy (non-hydrogen) atoms. The Labute approximate surface area is 190 Å². The number of nitrogen functional groups attached to an aromatic ring is 1. The van der Waals surface area contributed by atoms with E-state index < -0.39 is 10.0 Å². The molecule has 0 unspecified atom stereocenters. The largest absolute Gasteiger partial charge is 0.379 e. The number of anilines is 1. The van der Waals surface area contributed by atoms with E-state index in [0.29, 0.717) is 48.4 Å². The summed E-state index contributed by atoms with van der Waals surface area (Å²) in [5, 5.41) is 0.179. The van der Waals surface area contributed by atoms with Gasteiger partial charge < -0.3 is 10.5 Å². The molecule has 10 heteroatoms. The molecule has 0 saturated carbocycles. The zero-order valence-corrected chi connectivity index (χ0v) is 18.6. The van der Waals surface area contributed by atoms with Gasteiger partial charge in [0.2, 0.25) is 16.0 Å². The minimum absolute atomic E-state index is 0.0366. The number of sulfonamides is 1. The fourth-order valence-corrected chi connectivity index (χ4v) is 6.18. The lowest BCUT2D eigenvalue weighted by atomic mass is 9.86. The van der Waals surface area contributed by atoms with Crippen molar-refractivity contribution in [1.82, 2.24) is 14.3 Å². The van der Waals surface area contributed by atoms with E-state index in [1.165, 1.54) is 16.4 Å². The Hall–Kier alpha value is -2.59. The number of nitrogens with two attached hydrogens (primary N) is 1. The monoisotopic (exact) mass is 474 g/mol. The Morgan fingerprint density at radius 1 is 1.06 bits per heavy atom. The fourth-order valence-electron chi connectivity index (χ4n) is 4.22. The van der Waals surface area contributed by atoms with Crippen molar-refractivity contribution in [2.24, 2.45) is 0 Å². The molecule has 0 amide bonds. The predicted octanol–water partition coefficient (Wildman–Crippen LogP) is 3.30. The molecule has 3 aromatic rings. The summed E-state index contributed by atoms with van der Waals surface area (Å²) >= 11 is 6.46. The molecule has 0 bridgehead atoms. The van der Waals surface area contributed by atoms with Crippen LogP contribution in [0.3, 0.4) is 0 Å². The second-order valence-electron chi connectivity index (χ2n) is 7.72. The van der Waals surface area contributed by atoms with Gasteiger partial charge in [-0.05, 0) is 60.4 Å². The summed E-state index contributed by atoms with van der Waals surface area (Å²) in [5.74, 6) is -0.252. The third-order valence-corrected chi connectivity index (χ3v) is 8.13. The zero-order valence-electron chi connectivity index (χ0n) is 17.0. The van der Waals surface area contributed by atoms with Gasteiger partial charge in [-0.2, -0.15) is 4.31 Å². The summed E-state index contributed by atoms with van der Waals surface area (Å²) in [6.07, 6.45) is 1.24. The first kappa shape index (κ1) is 21.3. The van der Waals surface area contributed by atoms with Crippen LogP contribution in [-0.4, -0.2) is 49.0 Å². The SMILES string of the molecule is Nc1nc2c(c(-c3ccc(F)cc3)n1)-c1cc(S(=O)(=O)N3CCOCC3)c(Cl)cc1CC2. The van der Waals surface area contributed by atoms with Crippen molar-refractivity contribution >= 4 is 27.6 Å². The molecule has 0 spiro atoms. The number of aryl methyl sites for hydroxylation is 2. The van der Waals surface area contributed by atoms with E-state index in [9.17, 15) is 12.8 Å². The molecular weight excluding hydrogens is 455 g/mol. The van der Waals surface area contributed by atoms with Crippen molar-refractivity contribution in [3.8, 4) is 22.4 Å². The van der Waals surface area contributed by atoms with Crippen molar-refractivity contribution in [3.05, 3.63) is 58.5 Å². The van der Waals surface area contributed by atoms with Crippen LogP contribution in [0.25, 0.3) is 22.4 Å². The normalized spacial score (nSPS) is 16.4. The van der Waals surface area contributed by atoms with Gasteiger partial charge >= 0.3 is 0 Å². The molecule has 1 aliphatic carbocycles. The highest BCUT2D eigenvalue weighted by molar-refractivity contribution is 7.89. The average molecular weight is 475 g/mol. The molecule has 1 aromatic heterocycles. The molecule has 0 radical (unpaired) electrons. The van der Waals surface area contributed by atoms with Crippen LogP contribution in [0.1, 0.15) is 11.3 Å². The van der Waals surface area contributed by atoms with E-state index in [-0.39, 0.29) is 34.8 Å². The molecule has 0 atom stereocenters. The van der Waals surface area contributed by atoms with Gasteiger partial charge in [-0.25, -0.2) is 22.8 Å². The lowest BCUT2D eigenvalue weighted by molar-refractivity contribution is 0.0730. The highest BCUT2D eigenvalue weighted by Gasteiger charge is 2.31. The standard InChI is InChI=1S/C22H20ClFN4O3S/c23-17-11-14-3-6-18-20(21(27-22(25)26-18)13-1-4-15(24)5-2-13)16(14)12-19(17)32(29,30)28-7-9-31-10-8-28/h1-2,4-5,11-12H,3,6-10H2,(H2,25,26,27). The van der Waals surface area contributed by atoms with Crippen molar-refractivity contribution in [2.75, 3.05) is 32.0 Å². The molecule has 1 aliphatic heterocycles. The minimum Gasteiger partial charge on any atom is -0.379 e. The predicted molar refractivity (Wildman–Crippen MR) is 119 cm³/mol. The number of hydrogen-bond acceptors (Lipinski definition) is 6. The number of aromatic nitrogens is 2. The van der Waals surface area contributed by atoms with Gasteiger partial charge in [0.05, 0.1) is 29.6 Å². The molecule has 2 heterocycles. The van der Waals surface area contributed by atoms with Crippen molar-refractivity contribution in [3.63, 3.8) is 0 Å². The van der Waals surface area contributed by atoms with Crippen LogP contribution >= 0.6 is 11.6 Å². The maximum atomic E-state index is 13.5. The first-order valence-electron chi connectivity index (χ1n) is 10.2. The van der Waals surface area contributed by atoms with Crippen LogP contribution in [0.4, 0.5) is 10.3 Å². The Balaban J connectivity index is 1.71. The zero-order chi connectivity index (χ0) is 22.5. The van der Waals surface area contributed by atoms with E-state index in [0.717, 1.165) is 11.3 Å². The number of halogens is 2. The summed E-state index contributed by atoms with van der Waals surface area (Å²) < 4.78 is 46.9. The highest BCUT2D eigenvalue weighted by Crippen LogP contribution is 2.42. The summed E-state index contributed by atoms with van der Waals surface area (Å²) in [6, 6.07) is 9.24. The smallest absolute Gasteiger partial charge is 0.244 e. The third-order valence-electron chi connectivity index (χ3n) is 5.76. The molecule has 2 aliphatic rings. The molecular formula is C22H20ClFN4O3S. The van der Waals surface area contributed by atoms with Crippen LogP contribution in [0.15, 0.2) is 41.3 Å². The van der Waals surface area contributed by atoms with Gasteiger partial charge in [-0.15, -0.1) is 0 Å². The Morgan fingerprint density at radius 2 is 1.78 bits per heavy atom. The van der Waals surface area contributed by atoms with Crippen LogP contribution in [0, 0.1) is 5.82 Å². The Kier molecular flexibility index (Phi) is 5.37. The third kappa shape index (κ3) is 3.65. The molecule has 7 nitrogen and oxygen atoms in total. The number of nitrogens with zero attached hydrogens (tertiary/aromatic N) is 3. The van der Waals surface area contributed by atoms with Gasteiger partial charge in [-0.1, -0.05) is 11.6 Å². The van der Waals surface area contributed by atoms with Crippen molar-refractivity contribution < 1.29 is 17.5 Å². The first-order valence-corrected chi connectivity index (χ1v) is 12.0. The quantitative estimate of drug-likeness (QED) is 0.625. The van der Waals surface area contributed by atoms with Crippen molar-refractivity contribution in [2.45, 2.75) is 17.7 Å². The van der Waals surface area contributed by atoms with E-state index in [1.54, 1.807) is 24.3 Å². The lowest BCUT2D eigenvalue weighted by Gasteiger charge is -2.28. The van der Waals surface area contributed by atoms with Gasteiger partial charge in [0.15, 0.2) is 0 Å². The number of morpholine rings is 1. The van der Waals surface area contributed by atoms with Crippen molar-refractivity contribution in [1.29, 1.82) is 0 Å². The van der Waals surface area contributed by atoms with Crippen LogP contribution < -0.4 is 5.73 Å². The molecule has 2 aromatic carbocycles. The molecule has 1 saturated heterocycles. The van der Waals surface area contributed by atoms with Crippen LogP contribution in [-0.2, 0) is 27.6 Å². The number of hydrogen-bond donors (Lipinski definition) is 1. The molecule has 166 valence electrons. The topological polar surface area (TPSA) is 98.4 Å². The maximum absolute atomic E-state index is 13.5. The van der Waals surface area contributed by atoms with Gasteiger partial charge in [0, 0.05) is 24.2 Å². The summed E-state index contributed by atoms with van der Waals surface area (Å²) in [4.78, 5) is 8.86. The fraction of sp³-hybridized carbons (Fsp3) is 0.273. The van der Waals surface area contributed by atoms with Crippen LogP contribution in [0.5, 0.6) is 0 Å². The lowest BCUT2D eigenvalue weighted by Crippen LogP contribution is -2.40. The second kappa shape index (κ2) is 8.08. The van der Waals surface area contributed by atoms with E-state index in [2.05, 4.69) is 9.97 Å². The minimum atomic E-state index is -3.81. The number of rotatable bonds is 3. The highest BCUT2D eigenvalue weighted by atomic mass is 35.5. The maximum Gasteiger partial charge on any atom is 0.244 e. The van der Waals surface area contributed by atoms with E-state index >= 15 is 0 Å². The molecule has 1 fully saturated rings. The number of fused-ring (bicyclic) bond motifs is 3. The number of benzene rings is 2. The van der Waals surface area contributed by atoms with Crippen LogP contribution in [0.2, 0.25) is 5.02 Å². The van der Waals surface area contributed by atoms with E-state index in [1.807, 2.05) is 0 Å². The average Bonchev–Trinajstić information content (AvgIpc) is 2.79. The second-order valence-corrected chi connectivity index (χ2v) is 10.0. The summed E-state index contributed by atoms with van der Waals surface area (Å²) in [5.41, 5.74) is 10.2. The number of ether oxygens (including phenoxy) is 1. The summed E-state index contributed by atoms with van der Waals surface area (Å²) in [7, 11) is -3.81. The molecule has 5 rings (SSSR count). The Bertz CT molecular complexity index is 1310. The van der Waals surface area contributed by atoms with Gasteiger partial charge in [-0.3, -0.25) is 0 Å².